The van der Waals surface area contributed by atoms with E-state index in [-0.39, 0.29) is 23.4 Å². The smallest absolute Gasteiger partial charge is 0.335 e. The molecule has 0 heterocycles. The molecule has 0 unspecified atom stereocenters. The van der Waals surface area contributed by atoms with Gasteiger partial charge in [0.25, 0.3) is 0 Å². The molecule has 0 aliphatic carbocycles. The van der Waals surface area contributed by atoms with Crippen LogP contribution in [0.4, 0.5) is 0 Å². The van der Waals surface area contributed by atoms with E-state index in [0.717, 1.165) is 5.56 Å². The summed E-state index contributed by atoms with van der Waals surface area (Å²) in [6.45, 7) is 5.72. The van der Waals surface area contributed by atoms with Gasteiger partial charge in [-0.05, 0) is 23.1 Å². The Hall–Kier alpha value is -1.10. The number of nitrogens with two attached hydrogens (primary N) is 1. The van der Waals surface area contributed by atoms with Gasteiger partial charge in [0.1, 0.15) is 0 Å². The highest BCUT2D eigenvalue weighted by Gasteiger charge is 2.28. The molecule has 5 heteroatoms. The Morgan fingerprint density at radius 2 is 1.67 bits per heavy atom. The van der Waals surface area contributed by atoms with E-state index in [0.29, 0.717) is 0 Å². The third-order valence-corrected chi connectivity index (χ3v) is 2.77. The first-order valence-electron chi connectivity index (χ1n) is 5.50. The molecule has 0 radical (unpaired) electrons. The van der Waals surface area contributed by atoms with Crippen LogP contribution in [-0.2, 0) is 0 Å². The lowest BCUT2D eigenvalue weighted by Crippen LogP contribution is -2.36. The zero-order valence-corrected chi connectivity index (χ0v) is 11.6. The molecule has 4 nitrogen and oxygen atoms in total. The Morgan fingerprint density at radius 3 is 2.00 bits per heavy atom. The Balaban J connectivity index is 0.00000289. The lowest BCUT2D eigenvalue weighted by Gasteiger charge is -2.31. The maximum Gasteiger partial charge on any atom is 0.335 e. The summed E-state index contributed by atoms with van der Waals surface area (Å²) in [5.41, 5.74) is 6.59. The second-order valence-electron chi connectivity index (χ2n) is 5.26. The predicted octanol–water partition coefficient (Wildman–Crippen LogP) is 2.21. The number of rotatable bonds is 3. The van der Waals surface area contributed by atoms with Crippen molar-refractivity contribution in [3.8, 4) is 0 Å². The molecule has 0 aliphatic rings. The number of aromatic carboxylic acids is 1. The fourth-order valence-electron chi connectivity index (χ4n) is 1.57. The van der Waals surface area contributed by atoms with Crippen LogP contribution in [0.2, 0.25) is 0 Å². The monoisotopic (exact) mass is 273 g/mol. The second-order valence-corrected chi connectivity index (χ2v) is 5.26. The van der Waals surface area contributed by atoms with Crippen molar-refractivity contribution in [3.05, 3.63) is 35.4 Å². The van der Waals surface area contributed by atoms with Crippen LogP contribution in [-0.4, -0.2) is 22.3 Å². The first-order valence-corrected chi connectivity index (χ1v) is 5.50. The van der Waals surface area contributed by atoms with Gasteiger partial charge in [-0.25, -0.2) is 4.79 Å². The molecule has 2 atom stereocenters. The molecule has 0 spiro atoms. The molecule has 18 heavy (non-hydrogen) atoms. The van der Waals surface area contributed by atoms with Crippen molar-refractivity contribution < 1.29 is 15.0 Å². The van der Waals surface area contributed by atoms with Crippen molar-refractivity contribution in [2.24, 2.45) is 11.1 Å². The van der Waals surface area contributed by atoms with E-state index in [1.807, 2.05) is 20.8 Å². The number of carboxylic acid groups (broad SMARTS) is 1. The van der Waals surface area contributed by atoms with Crippen LogP contribution >= 0.6 is 12.4 Å². The maximum atomic E-state index is 10.7. The summed E-state index contributed by atoms with van der Waals surface area (Å²) in [6, 6.07) is 5.75. The van der Waals surface area contributed by atoms with Gasteiger partial charge < -0.3 is 15.9 Å². The first kappa shape index (κ1) is 16.9. The largest absolute Gasteiger partial charge is 0.478 e. The van der Waals surface area contributed by atoms with Gasteiger partial charge in [0.05, 0.1) is 17.7 Å². The van der Waals surface area contributed by atoms with Crippen LogP contribution < -0.4 is 5.73 Å². The average Bonchev–Trinajstić information content (AvgIpc) is 2.26. The minimum atomic E-state index is -0.971. The number of aliphatic hydroxyl groups excluding tert-OH is 1. The molecule has 0 fully saturated rings. The molecule has 0 amide bonds. The highest BCUT2D eigenvalue weighted by Crippen LogP contribution is 2.28. The van der Waals surface area contributed by atoms with E-state index in [1.54, 1.807) is 12.1 Å². The summed E-state index contributed by atoms with van der Waals surface area (Å²) in [7, 11) is 0. The molecule has 0 bridgehead atoms. The Morgan fingerprint density at radius 1 is 1.22 bits per heavy atom. The Labute approximate surface area is 113 Å². The topological polar surface area (TPSA) is 83.5 Å². The summed E-state index contributed by atoms with van der Waals surface area (Å²) >= 11 is 0. The van der Waals surface area contributed by atoms with Crippen LogP contribution in [0.1, 0.15) is 42.7 Å². The van der Waals surface area contributed by atoms with Gasteiger partial charge >= 0.3 is 5.97 Å². The third-order valence-electron chi connectivity index (χ3n) is 2.77. The molecular formula is C13H20ClNO3. The molecule has 102 valence electrons. The maximum absolute atomic E-state index is 10.7. The lowest BCUT2D eigenvalue weighted by molar-refractivity contribution is 0.0401. The summed E-state index contributed by atoms with van der Waals surface area (Å²) in [4.78, 5) is 10.7. The first-order chi connectivity index (χ1) is 7.73. The van der Waals surface area contributed by atoms with Gasteiger partial charge in [-0.2, -0.15) is 0 Å². The summed E-state index contributed by atoms with van der Waals surface area (Å²) in [5.74, 6) is -0.971. The number of aliphatic hydroxyl groups is 1. The number of benzene rings is 1. The van der Waals surface area contributed by atoms with E-state index < -0.39 is 18.1 Å². The van der Waals surface area contributed by atoms with Crippen LogP contribution in [0.15, 0.2) is 24.3 Å². The SMILES string of the molecule is CC(C)(C)[C@H](O)[C@H](N)c1ccc(C(=O)O)cc1.Cl. The van der Waals surface area contributed by atoms with Gasteiger partial charge in [0.15, 0.2) is 0 Å². The van der Waals surface area contributed by atoms with Crippen LogP contribution in [0, 0.1) is 5.41 Å². The molecule has 1 rings (SSSR count). The van der Waals surface area contributed by atoms with E-state index in [4.69, 9.17) is 10.8 Å². The fourth-order valence-corrected chi connectivity index (χ4v) is 1.57. The minimum absolute atomic E-state index is 0. The van der Waals surface area contributed by atoms with Crippen molar-refractivity contribution in [2.45, 2.75) is 32.9 Å². The van der Waals surface area contributed by atoms with Crippen molar-refractivity contribution in [1.82, 2.24) is 0 Å². The van der Waals surface area contributed by atoms with Crippen molar-refractivity contribution >= 4 is 18.4 Å². The zero-order valence-electron chi connectivity index (χ0n) is 10.8. The fraction of sp³-hybridized carbons (Fsp3) is 0.462. The van der Waals surface area contributed by atoms with Crippen LogP contribution in [0.3, 0.4) is 0 Å². The lowest BCUT2D eigenvalue weighted by atomic mass is 9.82. The summed E-state index contributed by atoms with van der Waals surface area (Å²) in [6.07, 6.45) is -0.682. The molecule has 1 aromatic carbocycles. The summed E-state index contributed by atoms with van der Waals surface area (Å²) < 4.78 is 0. The number of carbonyl (C=O) groups is 1. The number of carboxylic acids is 1. The molecule has 1 aromatic rings. The molecule has 0 aromatic heterocycles. The van der Waals surface area contributed by atoms with Crippen LogP contribution in [0.5, 0.6) is 0 Å². The molecule has 0 aliphatic heterocycles. The van der Waals surface area contributed by atoms with Gasteiger partial charge in [-0.1, -0.05) is 32.9 Å². The minimum Gasteiger partial charge on any atom is -0.478 e. The van der Waals surface area contributed by atoms with Gasteiger partial charge in [0.2, 0.25) is 0 Å². The molecular weight excluding hydrogens is 254 g/mol. The van der Waals surface area contributed by atoms with E-state index in [1.165, 1.54) is 12.1 Å². The Kier molecular flexibility index (Phi) is 5.80. The van der Waals surface area contributed by atoms with Gasteiger partial charge in [0, 0.05) is 0 Å². The van der Waals surface area contributed by atoms with Crippen molar-refractivity contribution in [3.63, 3.8) is 0 Å². The van der Waals surface area contributed by atoms with Crippen molar-refractivity contribution in [1.29, 1.82) is 0 Å². The Bertz CT molecular complexity index is 398. The number of hydrogen-bond donors (Lipinski definition) is 3. The molecule has 0 saturated carbocycles. The predicted molar refractivity (Wildman–Crippen MR) is 73.0 cm³/mol. The standard InChI is InChI=1S/C13H19NO3.ClH/c1-13(2,3)11(15)10(14)8-4-6-9(7-5-8)12(16)17;/h4-7,10-11,15H,14H2,1-3H3,(H,16,17);1H/t10-,11-;/m1./s1. The highest BCUT2D eigenvalue weighted by molar-refractivity contribution is 5.87. The van der Waals surface area contributed by atoms with E-state index >= 15 is 0 Å². The number of hydrogen-bond acceptors (Lipinski definition) is 3. The average molecular weight is 274 g/mol. The normalized spacial score (nSPS) is 14.5. The quantitative estimate of drug-likeness (QED) is 0.788. The number of halogens is 1. The van der Waals surface area contributed by atoms with Gasteiger partial charge in [-0.3, -0.25) is 0 Å². The highest BCUT2D eigenvalue weighted by atomic mass is 35.5. The van der Waals surface area contributed by atoms with Crippen molar-refractivity contribution in [2.75, 3.05) is 0 Å². The summed E-state index contributed by atoms with van der Waals surface area (Å²) in [5, 5.41) is 18.8. The van der Waals surface area contributed by atoms with E-state index in [9.17, 15) is 9.90 Å². The zero-order chi connectivity index (χ0) is 13.2. The van der Waals surface area contributed by atoms with Crippen LogP contribution in [0.25, 0.3) is 0 Å². The molecule has 4 N–H and O–H groups in total. The van der Waals surface area contributed by atoms with Gasteiger partial charge in [-0.15, -0.1) is 12.4 Å². The second kappa shape index (κ2) is 6.18. The third kappa shape index (κ3) is 3.98. The molecule has 0 saturated heterocycles. The van der Waals surface area contributed by atoms with E-state index in [2.05, 4.69) is 0 Å².